The van der Waals surface area contributed by atoms with Crippen LogP contribution in [-0.4, -0.2) is 29.8 Å². The number of primary amides is 1. The molecule has 4 nitrogen and oxygen atoms in total. The maximum absolute atomic E-state index is 12.9. The van der Waals surface area contributed by atoms with Gasteiger partial charge in [0, 0.05) is 36.4 Å². The van der Waals surface area contributed by atoms with Crippen LogP contribution < -0.4 is 5.73 Å². The number of benzene rings is 2. The highest BCUT2D eigenvalue weighted by molar-refractivity contribution is 6.30. The zero-order chi connectivity index (χ0) is 18.5. The van der Waals surface area contributed by atoms with E-state index in [2.05, 4.69) is 0 Å². The van der Waals surface area contributed by atoms with E-state index in [4.69, 9.17) is 17.3 Å². The number of hydrogen-bond acceptors (Lipinski definition) is 2. The topological polar surface area (TPSA) is 63.4 Å². The Kier molecular flexibility index (Phi) is 5.94. The summed E-state index contributed by atoms with van der Waals surface area (Å²) in [4.78, 5) is 26.1. The van der Waals surface area contributed by atoms with Gasteiger partial charge in [-0.3, -0.25) is 9.59 Å². The van der Waals surface area contributed by atoms with Crippen LogP contribution in [-0.2, 0) is 9.59 Å². The molecule has 0 bridgehead atoms. The van der Waals surface area contributed by atoms with E-state index in [0.29, 0.717) is 37.4 Å². The summed E-state index contributed by atoms with van der Waals surface area (Å²) in [5.74, 6) is -0.326. The van der Waals surface area contributed by atoms with Gasteiger partial charge in [0.2, 0.25) is 11.8 Å². The van der Waals surface area contributed by atoms with Crippen LogP contribution in [0.1, 0.15) is 36.3 Å². The number of rotatable bonds is 5. The lowest BCUT2D eigenvalue weighted by atomic mass is 9.87. The highest BCUT2D eigenvalue weighted by Crippen LogP contribution is 2.31. The van der Waals surface area contributed by atoms with Crippen molar-refractivity contribution >= 4 is 23.4 Å². The number of halogens is 1. The number of nitrogens with two attached hydrogens (primary N) is 1. The van der Waals surface area contributed by atoms with Crippen LogP contribution in [0.3, 0.4) is 0 Å². The second-order valence-corrected chi connectivity index (χ2v) is 7.22. The van der Waals surface area contributed by atoms with Crippen molar-refractivity contribution in [2.45, 2.75) is 25.2 Å². The van der Waals surface area contributed by atoms with Crippen LogP contribution in [0.5, 0.6) is 0 Å². The van der Waals surface area contributed by atoms with Crippen LogP contribution in [0.25, 0.3) is 0 Å². The van der Waals surface area contributed by atoms with E-state index < -0.39 is 0 Å². The Balaban J connectivity index is 1.76. The summed E-state index contributed by atoms with van der Waals surface area (Å²) in [5, 5.41) is 0.665. The number of carbonyl (C=O) groups excluding carboxylic acids is 2. The first kappa shape index (κ1) is 18.5. The minimum atomic E-state index is -0.266. The minimum Gasteiger partial charge on any atom is -0.369 e. The molecule has 1 saturated heterocycles. The minimum absolute atomic E-state index is 0.0451. The van der Waals surface area contributed by atoms with E-state index >= 15 is 0 Å². The fourth-order valence-electron chi connectivity index (χ4n) is 3.55. The molecule has 26 heavy (non-hydrogen) atoms. The van der Waals surface area contributed by atoms with Gasteiger partial charge in [0.1, 0.15) is 0 Å². The smallest absolute Gasteiger partial charge is 0.223 e. The van der Waals surface area contributed by atoms with Crippen molar-refractivity contribution in [3.05, 3.63) is 70.7 Å². The zero-order valence-electron chi connectivity index (χ0n) is 14.6. The standard InChI is InChI=1S/C21H23ClN2O2/c22-18-8-4-7-17(13-18)19(15-5-2-1-3-6-15)14-20(25)24-11-9-16(10-12-24)21(23)26/h1-8,13,16,19H,9-12,14H2,(H2,23,26). The third-order valence-corrected chi connectivity index (χ3v) is 5.32. The number of likely N-dealkylation sites (tertiary alicyclic amines) is 1. The summed E-state index contributed by atoms with van der Waals surface area (Å²) in [7, 11) is 0. The molecule has 2 N–H and O–H groups in total. The van der Waals surface area contributed by atoms with E-state index in [1.54, 1.807) is 0 Å². The van der Waals surface area contributed by atoms with Crippen molar-refractivity contribution in [3.8, 4) is 0 Å². The van der Waals surface area contributed by atoms with E-state index in [1.807, 2.05) is 59.5 Å². The number of nitrogens with zero attached hydrogens (tertiary/aromatic N) is 1. The maximum atomic E-state index is 12.9. The summed E-state index contributed by atoms with van der Waals surface area (Å²) in [6, 6.07) is 17.7. The van der Waals surface area contributed by atoms with Gasteiger partial charge in [-0.2, -0.15) is 0 Å². The fourth-order valence-corrected chi connectivity index (χ4v) is 3.75. The summed E-state index contributed by atoms with van der Waals surface area (Å²) >= 11 is 6.17. The molecule has 0 spiro atoms. The lowest BCUT2D eigenvalue weighted by molar-refractivity contribution is -0.135. The predicted octanol–water partition coefficient (Wildman–Crippen LogP) is 3.59. The second kappa shape index (κ2) is 8.37. The van der Waals surface area contributed by atoms with Crippen molar-refractivity contribution in [3.63, 3.8) is 0 Å². The molecule has 1 aliphatic rings. The maximum Gasteiger partial charge on any atom is 0.223 e. The van der Waals surface area contributed by atoms with Gasteiger partial charge in [0.25, 0.3) is 0 Å². The number of carbonyl (C=O) groups is 2. The first-order valence-corrected chi connectivity index (χ1v) is 9.30. The molecule has 1 atom stereocenters. The van der Waals surface area contributed by atoms with Crippen LogP contribution in [0, 0.1) is 5.92 Å². The molecular formula is C21H23ClN2O2. The van der Waals surface area contributed by atoms with Gasteiger partial charge in [-0.25, -0.2) is 0 Å². The number of piperidine rings is 1. The molecule has 2 aromatic carbocycles. The molecule has 1 heterocycles. The van der Waals surface area contributed by atoms with Gasteiger partial charge >= 0.3 is 0 Å². The molecule has 0 aliphatic carbocycles. The Morgan fingerprint density at radius 3 is 2.31 bits per heavy atom. The van der Waals surface area contributed by atoms with E-state index in [9.17, 15) is 9.59 Å². The van der Waals surface area contributed by atoms with Gasteiger partial charge in [-0.1, -0.05) is 54.1 Å². The summed E-state index contributed by atoms with van der Waals surface area (Å²) in [6.45, 7) is 1.17. The molecule has 1 unspecified atom stereocenters. The van der Waals surface area contributed by atoms with Crippen molar-refractivity contribution < 1.29 is 9.59 Å². The molecule has 3 rings (SSSR count). The Bertz CT molecular complexity index is 771. The van der Waals surface area contributed by atoms with Crippen molar-refractivity contribution in [1.82, 2.24) is 4.90 Å². The van der Waals surface area contributed by atoms with Crippen molar-refractivity contribution in [1.29, 1.82) is 0 Å². The van der Waals surface area contributed by atoms with E-state index in [1.165, 1.54) is 0 Å². The Hall–Kier alpha value is -2.33. The van der Waals surface area contributed by atoms with Crippen LogP contribution >= 0.6 is 11.6 Å². The molecule has 1 fully saturated rings. The van der Waals surface area contributed by atoms with Gasteiger partial charge in [0.15, 0.2) is 0 Å². The molecule has 5 heteroatoms. The predicted molar refractivity (Wildman–Crippen MR) is 103 cm³/mol. The Morgan fingerprint density at radius 1 is 1.04 bits per heavy atom. The molecule has 1 aliphatic heterocycles. The zero-order valence-corrected chi connectivity index (χ0v) is 15.4. The molecule has 2 aromatic rings. The third-order valence-electron chi connectivity index (χ3n) is 5.08. The lowest BCUT2D eigenvalue weighted by Gasteiger charge is -2.32. The number of hydrogen-bond donors (Lipinski definition) is 1. The van der Waals surface area contributed by atoms with Gasteiger partial charge in [0.05, 0.1) is 0 Å². The molecule has 0 saturated carbocycles. The molecule has 0 radical (unpaired) electrons. The van der Waals surface area contributed by atoms with Crippen LogP contribution in [0.2, 0.25) is 5.02 Å². The molecule has 2 amide bonds. The summed E-state index contributed by atoms with van der Waals surface area (Å²) in [5.41, 5.74) is 7.51. The quantitative estimate of drug-likeness (QED) is 0.874. The van der Waals surface area contributed by atoms with Crippen LogP contribution in [0.15, 0.2) is 54.6 Å². The van der Waals surface area contributed by atoms with Crippen LogP contribution in [0.4, 0.5) is 0 Å². The average Bonchev–Trinajstić information content (AvgIpc) is 2.66. The summed E-state index contributed by atoms with van der Waals surface area (Å²) < 4.78 is 0. The lowest BCUT2D eigenvalue weighted by Crippen LogP contribution is -2.42. The van der Waals surface area contributed by atoms with Crippen molar-refractivity contribution in [2.75, 3.05) is 13.1 Å². The SMILES string of the molecule is NC(=O)C1CCN(C(=O)CC(c2ccccc2)c2cccc(Cl)c2)CC1. The van der Waals surface area contributed by atoms with Gasteiger partial charge < -0.3 is 10.6 Å². The summed E-state index contributed by atoms with van der Waals surface area (Å²) in [6.07, 6.45) is 1.67. The third kappa shape index (κ3) is 4.44. The monoisotopic (exact) mass is 370 g/mol. The first-order valence-electron chi connectivity index (χ1n) is 8.92. The molecule has 0 aromatic heterocycles. The largest absolute Gasteiger partial charge is 0.369 e. The van der Waals surface area contributed by atoms with Gasteiger partial charge in [-0.15, -0.1) is 0 Å². The molecular weight excluding hydrogens is 348 g/mol. The highest BCUT2D eigenvalue weighted by atomic mass is 35.5. The molecule has 136 valence electrons. The van der Waals surface area contributed by atoms with E-state index in [-0.39, 0.29) is 23.7 Å². The van der Waals surface area contributed by atoms with Crippen molar-refractivity contribution in [2.24, 2.45) is 11.7 Å². The second-order valence-electron chi connectivity index (χ2n) is 6.78. The average molecular weight is 371 g/mol. The highest BCUT2D eigenvalue weighted by Gasteiger charge is 2.28. The first-order chi connectivity index (χ1) is 12.5. The Labute approximate surface area is 158 Å². The fraction of sp³-hybridized carbons (Fsp3) is 0.333. The number of amides is 2. The normalized spacial score (nSPS) is 16.3. The van der Waals surface area contributed by atoms with Gasteiger partial charge in [-0.05, 0) is 36.1 Å². The Morgan fingerprint density at radius 2 is 1.69 bits per heavy atom. The van der Waals surface area contributed by atoms with E-state index in [0.717, 1.165) is 11.1 Å².